The SMILES string of the molecule is CCC(CC)c1ccccc1-c1cc(-c2nc(-c3c(C)cccc3C)c3ccccc3n2)cc(C)n1. The van der Waals surface area contributed by atoms with Crippen LogP contribution in [-0.2, 0) is 0 Å². The highest BCUT2D eigenvalue weighted by molar-refractivity contribution is 5.95. The lowest BCUT2D eigenvalue weighted by atomic mass is 9.88. The fraction of sp³-hybridized carbons (Fsp3) is 0.242. The molecule has 0 fully saturated rings. The predicted molar refractivity (Wildman–Crippen MR) is 151 cm³/mol. The van der Waals surface area contributed by atoms with E-state index in [0.29, 0.717) is 5.92 Å². The number of fused-ring (bicyclic) bond motifs is 1. The van der Waals surface area contributed by atoms with E-state index in [4.69, 9.17) is 15.0 Å². The molecular weight excluding hydrogens is 438 g/mol. The molecule has 2 aromatic heterocycles. The number of rotatable bonds is 6. The van der Waals surface area contributed by atoms with Crippen LogP contribution < -0.4 is 0 Å². The molecule has 5 rings (SSSR count). The van der Waals surface area contributed by atoms with E-state index >= 15 is 0 Å². The Balaban J connectivity index is 1.73. The Hall–Kier alpha value is -3.85. The number of pyridine rings is 1. The van der Waals surface area contributed by atoms with Crippen LogP contribution in [0.2, 0.25) is 0 Å². The topological polar surface area (TPSA) is 38.7 Å². The molecule has 0 aliphatic heterocycles. The van der Waals surface area contributed by atoms with Gasteiger partial charge in [-0.1, -0.05) is 74.5 Å². The fourth-order valence-corrected chi connectivity index (χ4v) is 5.33. The van der Waals surface area contributed by atoms with Crippen LogP contribution in [0, 0.1) is 20.8 Å². The normalized spacial score (nSPS) is 11.4. The van der Waals surface area contributed by atoms with Crippen molar-refractivity contribution in [3.05, 3.63) is 101 Å². The van der Waals surface area contributed by atoms with Gasteiger partial charge in [0.05, 0.1) is 16.9 Å². The number of aromatic nitrogens is 3. The second-order valence-electron chi connectivity index (χ2n) is 9.66. The quantitative estimate of drug-likeness (QED) is 0.248. The molecule has 3 aromatic carbocycles. The molecule has 0 saturated carbocycles. The molecule has 5 aromatic rings. The molecule has 0 spiro atoms. The van der Waals surface area contributed by atoms with Crippen molar-refractivity contribution < 1.29 is 0 Å². The first kappa shape index (κ1) is 23.9. The van der Waals surface area contributed by atoms with Crippen LogP contribution in [0.3, 0.4) is 0 Å². The van der Waals surface area contributed by atoms with Gasteiger partial charge in [-0.3, -0.25) is 4.98 Å². The summed E-state index contributed by atoms with van der Waals surface area (Å²) in [5.74, 6) is 1.25. The van der Waals surface area contributed by atoms with Gasteiger partial charge in [-0.25, -0.2) is 9.97 Å². The van der Waals surface area contributed by atoms with E-state index in [1.54, 1.807) is 0 Å². The average Bonchev–Trinajstić information content (AvgIpc) is 2.89. The minimum Gasteiger partial charge on any atom is -0.253 e. The average molecular weight is 472 g/mol. The second-order valence-corrected chi connectivity index (χ2v) is 9.66. The number of hydrogen-bond donors (Lipinski definition) is 0. The Morgan fingerprint density at radius 3 is 2.14 bits per heavy atom. The minimum absolute atomic E-state index is 0.513. The van der Waals surface area contributed by atoms with Crippen LogP contribution >= 0.6 is 0 Å². The van der Waals surface area contributed by atoms with Gasteiger partial charge in [-0.2, -0.15) is 0 Å². The van der Waals surface area contributed by atoms with Crippen LogP contribution in [-0.4, -0.2) is 15.0 Å². The Kier molecular flexibility index (Phi) is 6.65. The molecule has 180 valence electrons. The lowest BCUT2D eigenvalue weighted by Gasteiger charge is -2.18. The van der Waals surface area contributed by atoms with Crippen molar-refractivity contribution in [2.75, 3.05) is 0 Å². The van der Waals surface area contributed by atoms with Crippen molar-refractivity contribution in [2.45, 2.75) is 53.4 Å². The van der Waals surface area contributed by atoms with Gasteiger partial charge in [0.2, 0.25) is 0 Å². The predicted octanol–water partition coefficient (Wildman–Crippen LogP) is 8.85. The van der Waals surface area contributed by atoms with Crippen LogP contribution in [0.1, 0.15) is 55.0 Å². The summed E-state index contributed by atoms with van der Waals surface area (Å²) >= 11 is 0. The zero-order chi connectivity index (χ0) is 25.2. The Bertz CT molecular complexity index is 1530. The maximum Gasteiger partial charge on any atom is 0.160 e. The summed E-state index contributed by atoms with van der Waals surface area (Å²) in [7, 11) is 0. The minimum atomic E-state index is 0.513. The number of aryl methyl sites for hydroxylation is 3. The maximum absolute atomic E-state index is 5.19. The summed E-state index contributed by atoms with van der Waals surface area (Å²) in [6, 6.07) is 27.7. The van der Waals surface area contributed by atoms with Crippen molar-refractivity contribution in [1.82, 2.24) is 15.0 Å². The van der Waals surface area contributed by atoms with Gasteiger partial charge in [0, 0.05) is 27.8 Å². The molecule has 0 aliphatic rings. The third-order valence-corrected chi connectivity index (χ3v) is 7.19. The molecule has 0 amide bonds. The molecule has 0 bridgehead atoms. The summed E-state index contributed by atoms with van der Waals surface area (Å²) < 4.78 is 0. The first-order valence-electron chi connectivity index (χ1n) is 12.9. The van der Waals surface area contributed by atoms with Crippen molar-refractivity contribution in [2.24, 2.45) is 0 Å². The standard InChI is InChI=1S/C33H33N3/c1-6-24(7-2)26-15-8-9-16-27(26)30-20-25(19-23(5)34-30)33-35-29-18-11-10-17-28(29)32(36-33)31-21(3)13-12-14-22(31)4/h8-20,24H,6-7H2,1-5H3. The van der Waals surface area contributed by atoms with E-state index in [1.807, 2.05) is 6.07 Å². The highest BCUT2D eigenvalue weighted by Gasteiger charge is 2.18. The summed E-state index contributed by atoms with van der Waals surface area (Å²) in [4.78, 5) is 15.2. The van der Waals surface area contributed by atoms with Crippen molar-refractivity contribution in [1.29, 1.82) is 0 Å². The van der Waals surface area contributed by atoms with Gasteiger partial charge in [0.1, 0.15) is 0 Å². The Labute approximate surface area is 214 Å². The van der Waals surface area contributed by atoms with E-state index < -0.39 is 0 Å². The molecule has 0 atom stereocenters. The van der Waals surface area contributed by atoms with Crippen LogP contribution in [0.15, 0.2) is 78.9 Å². The third kappa shape index (κ3) is 4.42. The van der Waals surface area contributed by atoms with Gasteiger partial charge >= 0.3 is 0 Å². The first-order chi connectivity index (χ1) is 17.5. The molecule has 3 heteroatoms. The molecule has 0 N–H and O–H groups in total. The second kappa shape index (κ2) is 10.0. The maximum atomic E-state index is 5.19. The molecule has 2 heterocycles. The molecular formula is C33H33N3. The fourth-order valence-electron chi connectivity index (χ4n) is 5.33. The van der Waals surface area contributed by atoms with E-state index in [1.165, 1.54) is 27.8 Å². The lowest BCUT2D eigenvalue weighted by molar-refractivity contribution is 0.643. The zero-order valence-electron chi connectivity index (χ0n) is 21.8. The highest BCUT2D eigenvalue weighted by Crippen LogP contribution is 2.36. The van der Waals surface area contributed by atoms with Gasteiger partial charge < -0.3 is 0 Å². The van der Waals surface area contributed by atoms with Crippen LogP contribution in [0.25, 0.3) is 44.8 Å². The van der Waals surface area contributed by atoms with Crippen molar-refractivity contribution in [3.8, 4) is 33.9 Å². The molecule has 0 radical (unpaired) electrons. The van der Waals surface area contributed by atoms with Gasteiger partial charge in [0.15, 0.2) is 5.82 Å². The summed E-state index contributed by atoms with van der Waals surface area (Å²) in [5.41, 5.74) is 11.1. The molecule has 0 saturated heterocycles. The van der Waals surface area contributed by atoms with Crippen LogP contribution in [0.4, 0.5) is 0 Å². The lowest BCUT2D eigenvalue weighted by Crippen LogP contribution is -2.01. The largest absolute Gasteiger partial charge is 0.253 e. The smallest absolute Gasteiger partial charge is 0.160 e. The first-order valence-corrected chi connectivity index (χ1v) is 12.9. The number of hydrogen-bond acceptors (Lipinski definition) is 3. The number of nitrogens with zero attached hydrogens (tertiary/aromatic N) is 3. The van der Waals surface area contributed by atoms with E-state index in [2.05, 4.69) is 107 Å². The molecule has 36 heavy (non-hydrogen) atoms. The van der Waals surface area contributed by atoms with Crippen LogP contribution in [0.5, 0.6) is 0 Å². The highest BCUT2D eigenvalue weighted by atomic mass is 14.9. The molecule has 0 unspecified atom stereocenters. The third-order valence-electron chi connectivity index (χ3n) is 7.19. The number of benzene rings is 3. The Morgan fingerprint density at radius 1 is 0.694 bits per heavy atom. The van der Waals surface area contributed by atoms with Crippen molar-refractivity contribution in [3.63, 3.8) is 0 Å². The van der Waals surface area contributed by atoms with Gasteiger partial charge in [-0.05, 0) is 74.4 Å². The van der Waals surface area contributed by atoms with Crippen molar-refractivity contribution >= 4 is 10.9 Å². The Morgan fingerprint density at radius 2 is 1.39 bits per heavy atom. The zero-order valence-corrected chi connectivity index (χ0v) is 21.8. The number of para-hydroxylation sites is 1. The monoisotopic (exact) mass is 471 g/mol. The van der Waals surface area contributed by atoms with Gasteiger partial charge in [-0.15, -0.1) is 0 Å². The summed E-state index contributed by atoms with van der Waals surface area (Å²) in [6.45, 7) is 10.9. The van der Waals surface area contributed by atoms with Gasteiger partial charge in [0.25, 0.3) is 0 Å². The van der Waals surface area contributed by atoms with E-state index in [-0.39, 0.29) is 0 Å². The van der Waals surface area contributed by atoms with E-state index in [0.717, 1.165) is 52.2 Å². The summed E-state index contributed by atoms with van der Waals surface area (Å²) in [6.07, 6.45) is 2.22. The van der Waals surface area contributed by atoms with E-state index in [9.17, 15) is 0 Å². The summed E-state index contributed by atoms with van der Waals surface area (Å²) in [5, 5.41) is 1.07. The molecule has 3 nitrogen and oxygen atoms in total. The molecule has 0 aliphatic carbocycles.